The van der Waals surface area contributed by atoms with Crippen LogP contribution in [0.25, 0.3) is 0 Å². The zero-order valence-electron chi connectivity index (χ0n) is 6.89. The molecule has 0 bridgehead atoms. The number of rotatable bonds is 2. The van der Waals surface area contributed by atoms with E-state index in [0.29, 0.717) is 5.92 Å². The molecule has 0 spiro atoms. The van der Waals surface area contributed by atoms with E-state index in [2.05, 4.69) is 47.4 Å². The first-order chi connectivity index (χ1) is 5.25. The summed E-state index contributed by atoms with van der Waals surface area (Å²) in [6, 6.07) is 8.27. The fourth-order valence-electron chi connectivity index (χ4n) is 1.11. The summed E-state index contributed by atoms with van der Waals surface area (Å²) in [5, 5.41) is 0. The van der Waals surface area contributed by atoms with Gasteiger partial charge in [0.25, 0.3) is 0 Å². The second-order valence-corrected chi connectivity index (χ2v) is 3.12. The van der Waals surface area contributed by atoms with Gasteiger partial charge in [0.1, 0.15) is 0 Å². The third kappa shape index (κ3) is 1.83. The van der Waals surface area contributed by atoms with Crippen LogP contribution in [0.5, 0.6) is 0 Å². The van der Waals surface area contributed by atoms with Crippen LogP contribution in [0, 0.1) is 0 Å². The molecule has 1 rings (SSSR count). The summed E-state index contributed by atoms with van der Waals surface area (Å²) >= 11 is 0. The van der Waals surface area contributed by atoms with Crippen LogP contribution in [-0.2, 0) is 0 Å². The summed E-state index contributed by atoms with van der Waals surface area (Å²) in [5.74, 6) is 0.565. The standard InChI is InChI=1S/C9H12NSi/c1-7(2)8-5-3-4-6-9(8)10-11/h3-7,10H,1-2H3. The van der Waals surface area contributed by atoms with E-state index < -0.39 is 0 Å². The third-order valence-electron chi connectivity index (χ3n) is 1.72. The van der Waals surface area contributed by atoms with Gasteiger partial charge in [-0.15, -0.1) is 0 Å². The van der Waals surface area contributed by atoms with Crippen LogP contribution >= 0.6 is 0 Å². The topological polar surface area (TPSA) is 12.0 Å². The molecule has 0 heterocycles. The minimum absolute atomic E-state index is 0.565. The molecule has 2 heteroatoms. The number of hydrogen-bond donors (Lipinski definition) is 1. The third-order valence-corrected chi connectivity index (χ3v) is 1.99. The van der Waals surface area contributed by atoms with Crippen molar-refractivity contribution in [1.29, 1.82) is 0 Å². The lowest BCUT2D eigenvalue weighted by Crippen LogP contribution is -1.97. The van der Waals surface area contributed by atoms with E-state index in [-0.39, 0.29) is 0 Å². The van der Waals surface area contributed by atoms with Crippen LogP contribution in [0.4, 0.5) is 5.69 Å². The Hall–Kier alpha value is -0.763. The van der Waals surface area contributed by atoms with Crippen molar-refractivity contribution in [1.82, 2.24) is 0 Å². The molecule has 1 N–H and O–H groups in total. The average molecular weight is 162 g/mol. The molecule has 1 aromatic rings. The second kappa shape index (κ2) is 3.58. The van der Waals surface area contributed by atoms with Crippen LogP contribution in [0.2, 0.25) is 0 Å². The Kier molecular flexibility index (Phi) is 2.71. The zero-order chi connectivity index (χ0) is 8.27. The van der Waals surface area contributed by atoms with Gasteiger partial charge in [-0.3, -0.25) is 0 Å². The molecule has 0 aliphatic heterocycles. The fraction of sp³-hybridized carbons (Fsp3) is 0.333. The van der Waals surface area contributed by atoms with E-state index >= 15 is 0 Å². The van der Waals surface area contributed by atoms with Gasteiger partial charge in [-0.05, 0) is 17.5 Å². The molecule has 11 heavy (non-hydrogen) atoms. The molecule has 0 aliphatic carbocycles. The predicted octanol–water partition coefficient (Wildman–Crippen LogP) is 2.31. The Balaban J connectivity index is 3.02. The summed E-state index contributed by atoms with van der Waals surface area (Å²) in [7, 11) is 3.27. The molecule has 0 aliphatic rings. The molecule has 0 unspecified atom stereocenters. The number of para-hydroxylation sites is 1. The monoisotopic (exact) mass is 162 g/mol. The first-order valence-corrected chi connectivity index (χ1v) is 4.27. The van der Waals surface area contributed by atoms with Crippen molar-refractivity contribution >= 4 is 16.1 Å². The molecule has 0 saturated carbocycles. The first kappa shape index (κ1) is 8.33. The average Bonchev–Trinajstić information content (AvgIpc) is 2.04. The Labute approximate surface area is 71.3 Å². The van der Waals surface area contributed by atoms with E-state index in [1.807, 2.05) is 6.07 Å². The molecule has 0 amide bonds. The molecule has 0 aromatic heterocycles. The first-order valence-electron chi connectivity index (χ1n) is 3.77. The van der Waals surface area contributed by atoms with Crippen molar-refractivity contribution in [2.75, 3.05) is 4.98 Å². The van der Waals surface area contributed by atoms with Crippen LogP contribution < -0.4 is 4.98 Å². The number of hydrogen-bond acceptors (Lipinski definition) is 1. The number of benzene rings is 1. The van der Waals surface area contributed by atoms with Gasteiger partial charge in [0.15, 0.2) is 10.4 Å². The van der Waals surface area contributed by atoms with Gasteiger partial charge >= 0.3 is 0 Å². The number of nitrogens with one attached hydrogen (secondary N) is 1. The van der Waals surface area contributed by atoms with Crippen molar-refractivity contribution in [2.45, 2.75) is 19.8 Å². The van der Waals surface area contributed by atoms with E-state index in [9.17, 15) is 0 Å². The summed E-state index contributed by atoms with van der Waals surface area (Å²) in [6.07, 6.45) is 0. The van der Waals surface area contributed by atoms with Crippen LogP contribution in [0.15, 0.2) is 24.3 Å². The van der Waals surface area contributed by atoms with Crippen molar-refractivity contribution < 1.29 is 0 Å². The highest BCUT2D eigenvalue weighted by Gasteiger charge is 2.02. The maximum atomic E-state index is 3.27. The van der Waals surface area contributed by atoms with Crippen LogP contribution in [-0.4, -0.2) is 10.4 Å². The minimum atomic E-state index is 0.565. The van der Waals surface area contributed by atoms with Crippen molar-refractivity contribution in [2.24, 2.45) is 0 Å². The Morgan fingerprint density at radius 3 is 2.36 bits per heavy atom. The lowest BCUT2D eigenvalue weighted by atomic mass is 10.0. The van der Waals surface area contributed by atoms with Gasteiger partial charge in [0, 0.05) is 5.69 Å². The maximum absolute atomic E-state index is 3.27. The van der Waals surface area contributed by atoms with Crippen LogP contribution in [0.3, 0.4) is 0 Å². The van der Waals surface area contributed by atoms with Crippen molar-refractivity contribution in [3.8, 4) is 0 Å². The molecule has 0 atom stereocenters. The lowest BCUT2D eigenvalue weighted by molar-refractivity contribution is 0.870. The smallest absolute Gasteiger partial charge is 0.186 e. The van der Waals surface area contributed by atoms with Gasteiger partial charge in [0.2, 0.25) is 0 Å². The van der Waals surface area contributed by atoms with Crippen molar-refractivity contribution in [3.63, 3.8) is 0 Å². The summed E-state index contributed by atoms with van der Waals surface area (Å²) in [5.41, 5.74) is 2.49. The maximum Gasteiger partial charge on any atom is 0.186 e. The summed E-state index contributed by atoms with van der Waals surface area (Å²) < 4.78 is 0. The van der Waals surface area contributed by atoms with Gasteiger partial charge in [0.05, 0.1) is 0 Å². The minimum Gasteiger partial charge on any atom is -0.412 e. The predicted molar refractivity (Wildman–Crippen MR) is 49.9 cm³/mol. The highest BCUT2D eigenvalue weighted by molar-refractivity contribution is 6.16. The summed E-state index contributed by atoms with van der Waals surface area (Å²) in [6.45, 7) is 4.37. The van der Waals surface area contributed by atoms with Gasteiger partial charge in [-0.25, -0.2) is 0 Å². The Morgan fingerprint density at radius 2 is 1.91 bits per heavy atom. The molecular formula is C9H12NSi. The van der Waals surface area contributed by atoms with Crippen LogP contribution in [0.1, 0.15) is 25.3 Å². The van der Waals surface area contributed by atoms with Gasteiger partial charge < -0.3 is 4.98 Å². The van der Waals surface area contributed by atoms with Gasteiger partial charge in [-0.2, -0.15) is 0 Å². The zero-order valence-corrected chi connectivity index (χ0v) is 7.89. The van der Waals surface area contributed by atoms with Crippen molar-refractivity contribution in [3.05, 3.63) is 29.8 Å². The lowest BCUT2D eigenvalue weighted by Gasteiger charge is -2.10. The van der Waals surface area contributed by atoms with E-state index in [1.54, 1.807) is 0 Å². The SMILES string of the molecule is CC(C)c1ccccc1N[Si]. The van der Waals surface area contributed by atoms with E-state index in [4.69, 9.17) is 0 Å². The molecule has 0 fully saturated rings. The number of anilines is 1. The van der Waals surface area contributed by atoms with Gasteiger partial charge in [-0.1, -0.05) is 32.0 Å². The fourth-order valence-corrected chi connectivity index (χ4v) is 1.34. The summed E-state index contributed by atoms with van der Waals surface area (Å²) in [4.78, 5) is 2.98. The molecule has 1 aromatic carbocycles. The highest BCUT2D eigenvalue weighted by atomic mass is 28.2. The van der Waals surface area contributed by atoms with E-state index in [1.165, 1.54) is 5.56 Å². The molecular weight excluding hydrogens is 150 g/mol. The molecule has 1 nitrogen and oxygen atoms in total. The quantitative estimate of drug-likeness (QED) is 0.658. The molecule has 0 saturated heterocycles. The second-order valence-electron chi connectivity index (χ2n) is 2.87. The molecule has 57 valence electrons. The van der Waals surface area contributed by atoms with E-state index in [0.717, 1.165) is 5.69 Å². The normalized spacial score (nSPS) is 10.2. The largest absolute Gasteiger partial charge is 0.412 e. The molecule has 3 radical (unpaired) electrons. The Bertz CT molecular complexity index is 233. The highest BCUT2D eigenvalue weighted by Crippen LogP contribution is 2.22. The Morgan fingerprint density at radius 1 is 1.27 bits per heavy atom.